The van der Waals surface area contributed by atoms with Crippen LogP contribution in [0.4, 0.5) is 0 Å². The van der Waals surface area contributed by atoms with Gasteiger partial charge in [-0.15, -0.1) is 22.7 Å². The molecule has 0 aliphatic carbocycles. The Morgan fingerprint density at radius 2 is 2.05 bits per heavy atom. The predicted octanol–water partition coefficient (Wildman–Crippen LogP) is 5.28. The topological polar surface area (TPSA) is 17.1 Å². The van der Waals surface area contributed by atoms with Gasteiger partial charge in [-0.1, -0.05) is 13.3 Å². The van der Waals surface area contributed by atoms with E-state index in [1.54, 1.807) is 28.7 Å². The maximum atomic E-state index is 12.1. The van der Waals surface area contributed by atoms with Crippen LogP contribution in [0.15, 0.2) is 24.3 Å². The molecule has 0 spiro atoms. The molecule has 0 fully saturated rings. The van der Waals surface area contributed by atoms with Gasteiger partial charge in [-0.05, 0) is 56.2 Å². The highest BCUT2D eigenvalue weighted by molar-refractivity contribution is 7.14. The van der Waals surface area contributed by atoms with E-state index in [0.29, 0.717) is 0 Å². The highest BCUT2D eigenvalue weighted by atomic mass is 32.1. The molecule has 19 heavy (non-hydrogen) atoms. The van der Waals surface area contributed by atoms with Crippen molar-refractivity contribution in [2.75, 3.05) is 0 Å². The summed E-state index contributed by atoms with van der Waals surface area (Å²) in [6.45, 7) is 6.34. The molecule has 100 valence electrons. The number of carbonyl (C=O) groups is 1. The van der Waals surface area contributed by atoms with Crippen LogP contribution in [0, 0.1) is 13.8 Å². The van der Waals surface area contributed by atoms with Crippen LogP contribution in [0.1, 0.15) is 43.2 Å². The van der Waals surface area contributed by atoms with E-state index in [9.17, 15) is 4.79 Å². The summed E-state index contributed by atoms with van der Waals surface area (Å²) in [6.07, 6.45) is 5.80. The summed E-state index contributed by atoms with van der Waals surface area (Å²) in [7, 11) is 0. The molecule has 0 saturated heterocycles. The summed E-state index contributed by atoms with van der Waals surface area (Å²) in [4.78, 5) is 16.8. The Kier molecular flexibility index (Phi) is 4.72. The van der Waals surface area contributed by atoms with Gasteiger partial charge in [0.2, 0.25) is 0 Å². The summed E-state index contributed by atoms with van der Waals surface area (Å²) < 4.78 is 0. The lowest BCUT2D eigenvalue weighted by atomic mass is 10.2. The van der Waals surface area contributed by atoms with E-state index in [0.717, 1.165) is 23.3 Å². The molecule has 0 atom stereocenters. The van der Waals surface area contributed by atoms with E-state index in [-0.39, 0.29) is 5.78 Å². The molecule has 1 nitrogen and oxygen atoms in total. The van der Waals surface area contributed by atoms with Crippen molar-refractivity contribution in [2.24, 2.45) is 0 Å². The fourth-order valence-corrected chi connectivity index (χ4v) is 3.90. The average Bonchev–Trinajstić information content (AvgIpc) is 2.94. The van der Waals surface area contributed by atoms with E-state index < -0.39 is 0 Å². The van der Waals surface area contributed by atoms with Crippen LogP contribution in [-0.2, 0) is 6.42 Å². The van der Waals surface area contributed by atoms with Gasteiger partial charge in [0.1, 0.15) is 0 Å². The Morgan fingerprint density at radius 3 is 2.68 bits per heavy atom. The molecule has 0 bridgehead atoms. The molecule has 2 heterocycles. The number of thiophene rings is 2. The first-order valence-electron chi connectivity index (χ1n) is 6.48. The van der Waals surface area contributed by atoms with E-state index >= 15 is 0 Å². The largest absolute Gasteiger partial charge is 0.288 e. The fraction of sp³-hybridized carbons (Fsp3) is 0.312. The predicted molar refractivity (Wildman–Crippen MR) is 85.5 cm³/mol. The molecular weight excluding hydrogens is 272 g/mol. The van der Waals surface area contributed by atoms with Crippen molar-refractivity contribution < 1.29 is 4.79 Å². The van der Waals surface area contributed by atoms with Crippen molar-refractivity contribution in [3.05, 3.63) is 49.3 Å². The molecule has 2 aromatic rings. The van der Waals surface area contributed by atoms with Crippen molar-refractivity contribution in [1.82, 2.24) is 0 Å². The van der Waals surface area contributed by atoms with Crippen LogP contribution in [-0.4, -0.2) is 5.78 Å². The van der Waals surface area contributed by atoms with Gasteiger partial charge in [-0.2, -0.15) is 0 Å². The van der Waals surface area contributed by atoms with Gasteiger partial charge in [-0.3, -0.25) is 4.79 Å². The minimum Gasteiger partial charge on any atom is -0.288 e. The van der Waals surface area contributed by atoms with Crippen molar-refractivity contribution in [3.63, 3.8) is 0 Å². The third kappa shape index (κ3) is 3.64. The van der Waals surface area contributed by atoms with Crippen molar-refractivity contribution in [3.8, 4) is 0 Å². The third-order valence-electron chi connectivity index (χ3n) is 2.89. The molecule has 2 rings (SSSR count). The highest BCUT2D eigenvalue weighted by Crippen LogP contribution is 2.23. The van der Waals surface area contributed by atoms with Crippen LogP contribution in [0.3, 0.4) is 0 Å². The summed E-state index contributed by atoms with van der Waals surface area (Å²) in [5.74, 6) is 0.107. The van der Waals surface area contributed by atoms with Crippen LogP contribution in [0.2, 0.25) is 0 Å². The highest BCUT2D eigenvalue weighted by Gasteiger charge is 2.06. The van der Waals surface area contributed by atoms with Gasteiger partial charge in [-0.25, -0.2) is 0 Å². The first kappa shape index (κ1) is 14.2. The van der Waals surface area contributed by atoms with Gasteiger partial charge < -0.3 is 0 Å². The lowest BCUT2D eigenvalue weighted by Gasteiger charge is -1.91. The zero-order valence-electron chi connectivity index (χ0n) is 11.5. The summed E-state index contributed by atoms with van der Waals surface area (Å²) in [6, 6.07) is 6.13. The fourth-order valence-electron chi connectivity index (χ4n) is 1.95. The normalized spacial score (nSPS) is 11.3. The van der Waals surface area contributed by atoms with Crippen molar-refractivity contribution in [2.45, 2.75) is 33.6 Å². The molecule has 0 aliphatic heterocycles. The lowest BCUT2D eigenvalue weighted by molar-refractivity contribution is 0.105. The van der Waals surface area contributed by atoms with Gasteiger partial charge in [0, 0.05) is 14.6 Å². The third-order valence-corrected chi connectivity index (χ3v) is 5.04. The number of rotatable bonds is 5. The standard InChI is InChI=1S/C16H18OS2/c1-4-5-14-7-9-16(19-14)15(17)8-6-13-10-11(2)18-12(13)3/h6-10H,4-5H2,1-3H3/b8-6+. The van der Waals surface area contributed by atoms with Crippen LogP contribution in [0.25, 0.3) is 6.08 Å². The number of aryl methyl sites for hydroxylation is 3. The monoisotopic (exact) mass is 290 g/mol. The van der Waals surface area contributed by atoms with Crippen LogP contribution >= 0.6 is 22.7 Å². The number of allylic oxidation sites excluding steroid dienone is 1. The van der Waals surface area contributed by atoms with Gasteiger partial charge in [0.15, 0.2) is 5.78 Å². The van der Waals surface area contributed by atoms with Crippen LogP contribution < -0.4 is 0 Å². The second-order valence-corrected chi connectivity index (χ2v) is 7.21. The average molecular weight is 290 g/mol. The van der Waals surface area contributed by atoms with Gasteiger partial charge >= 0.3 is 0 Å². The SMILES string of the molecule is CCCc1ccc(C(=O)/C=C/c2cc(C)sc2C)s1. The molecule has 0 aromatic carbocycles. The summed E-state index contributed by atoms with van der Waals surface area (Å²) >= 11 is 3.38. The number of carbonyl (C=O) groups excluding carboxylic acids is 1. The second kappa shape index (κ2) is 6.31. The molecule has 0 unspecified atom stereocenters. The van der Waals surface area contributed by atoms with E-state index in [1.807, 2.05) is 12.1 Å². The molecule has 0 amide bonds. The van der Waals surface area contributed by atoms with Gasteiger partial charge in [0.25, 0.3) is 0 Å². The first-order valence-corrected chi connectivity index (χ1v) is 8.11. The number of ketones is 1. The van der Waals surface area contributed by atoms with E-state index in [1.165, 1.54) is 14.6 Å². The maximum Gasteiger partial charge on any atom is 0.195 e. The molecule has 3 heteroatoms. The molecule has 0 saturated carbocycles. The van der Waals surface area contributed by atoms with Gasteiger partial charge in [0.05, 0.1) is 4.88 Å². The Labute approximate surface area is 122 Å². The Morgan fingerprint density at radius 1 is 1.26 bits per heavy atom. The van der Waals surface area contributed by atoms with Crippen molar-refractivity contribution >= 4 is 34.5 Å². The van der Waals surface area contributed by atoms with E-state index in [2.05, 4.69) is 32.9 Å². The minimum absolute atomic E-state index is 0.107. The first-order chi connectivity index (χ1) is 9.10. The molecule has 0 N–H and O–H groups in total. The number of hydrogen-bond acceptors (Lipinski definition) is 3. The number of hydrogen-bond donors (Lipinski definition) is 0. The Balaban J connectivity index is 2.09. The minimum atomic E-state index is 0.107. The summed E-state index contributed by atoms with van der Waals surface area (Å²) in [5.41, 5.74) is 1.15. The Hall–Kier alpha value is -1.19. The second-order valence-electron chi connectivity index (χ2n) is 4.58. The lowest BCUT2D eigenvalue weighted by Crippen LogP contribution is -1.88. The zero-order valence-corrected chi connectivity index (χ0v) is 13.2. The molecular formula is C16H18OS2. The smallest absolute Gasteiger partial charge is 0.195 e. The maximum absolute atomic E-state index is 12.1. The van der Waals surface area contributed by atoms with Crippen molar-refractivity contribution in [1.29, 1.82) is 0 Å². The zero-order chi connectivity index (χ0) is 13.8. The molecule has 0 radical (unpaired) electrons. The molecule has 2 aromatic heterocycles. The summed E-state index contributed by atoms with van der Waals surface area (Å²) in [5, 5.41) is 0. The Bertz CT molecular complexity index is 602. The van der Waals surface area contributed by atoms with E-state index in [4.69, 9.17) is 0 Å². The quantitative estimate of drug-likeness (QED) is 0.541. The molecule has 0 aliphatic rings. The van der Waals surface area contributed by atoms with Crippen LogP contribution in [0.5, 0.6) is 0 Å².